The Kier molecular flexibility index (Phi) is 3.41. The quantitative estimate of drug-likeness (QED) is 0.815. The van der Waals surface area contributed by atoms with Gasteiger partial charge in [-0.3, -0.25) is 9.78 Å². The molecule has 0 bridgehead atoms. The van der Waals surface area contributed by atoms with Gasteiger partial charge in [-0.2, -0.15) is 4.39 Å². The molecule has 0 fully saturated rings. The maximum atomic E-state index is 13.4. The first-order valence-corrected chi connectivity index (χ1v) is 6.06. The molecule has 1 N–H and O–H groups in total. The van der Waals surface area contributed by atoms with Crippen LogP contribution in [-0.2, 0) is 0 Å². The van der Waals surface area contributed by atoms with E-state index in [1.165, 1.54) is 0 Å². The van der Waals surface area contributed by atoms with Crippen molar-refractivity contribution >= 4 is 27.5 Å². The minimum Gasteiger partial charge on any atom is -0.295 e. The molecule has 4 nitrogen and oxygen atoms in total. The van der Waals surface area contributed by atoms with Crippen molar-refractivity contribution in [2.75, 3.05) is 0 Å². The number of benzene rings is 1. The average Bonchev–Trinajstić information content (AvgIpc) is 2.31. The number of aromatic amines is 1. The molecule has 2 rings (SSSR count). The zero-order valence-electron chi connectivity index (χ0n) is 9.13. The van der Waals surface area contributed by atoms with Crippen molar-refractivity contribution in [2.24, 2.45) is 0 Å². The molecule has 0 saturated carbocycles. The molecule has 1 heterocycles. The number of aromatic nitrogens is 2. The van der Waals surface area contributed by atoms with Gasteiger partial charge in [0.15, 0.2) is 5.15 Å². The van der Waals surface area contributed by atoms with E-state index < -0.39 is 22.2 Å². The largest absolute Gasteiger partial charge is 0.334 e. The maximum absolute atomic E-state index is 13.4. The van der Waals surface area contributed by atoms with Gasteiger partial charge in [-0.1, -0.05) is 33.6 Å². The van der Waals surface area contributed by atoms with Crippen molar-refractivity contribution in [2.45, 2.75) is 6.92 Å². The second kappa shape index (κ2) is 4.70. The Bertz CT molecular complexity index is 739. The first-order valence-electron chi connectivity index (χ1n) is 4.88. The van der Waals surface area contributed by atoms with E-state index in [9.17, 15) is 14.0 Å². The van der Waals surface area contributed by atoms with Gasteiger partial charge in [-0.05, 0) is 24.6 Å². The fraction of sp³-hybridized carbons (Fsp3) is 0.0909. The highest BCUT2D eigenvalue weighted by atomic mass is 79.9. The Balaban J connectivity index is 2.80. The Morgan fingerprint density at radius 3 is 2.67 bits per heavy atom. The fourth-order valence-corrected chi connectivity index (χ4v) is 1.97. The van der Waals surface area contributed by atoms with Gasteiger partial charge in [0.1, 0.15) is 0 Å². The van der Waals surface area contributed by atoms with Crippen LogP contribution in [0.25, 0.3) is 5.69 Å². The molecular weight excluding hydrogens is 326 g/mol. The molecule has 1 aromatic heterocycles. The summed E-state index contributed by atoms with van der Waals surface area (Å²) in [6.07, 6.45) is 0. The van der Waals surface area contributed by atoms with Gasteiger partial charge >= 0.3 is 5.69 Å². The monoisotopic (exact) mass is 332 g/mol. The van der Waals surface area contributed by atoms with Gasteiger partial charge < -0.3 is 0 Å². The van der Waals surface area contributed by atoms with Crippen LogP contribution in [-0.4, -0.2) is 9.55 Å². The summed E-state index contributed by atoms with van der Waals surface area (Å²) in [6.45, 7) is 1.85. The van der Waals surface area contributed by atoms with E-state index in [-0.39, 0.29) is 5.69 Å². The third kappa shape index (κ3) is 2.13. The molecule has 2 aromatic rings. The topological polar surface area (TPSA) is 54.9 Å². The second-order valence-electron chi connectivity index (χ2n) is 3.63. The van der Waals surface area contributed by atoms with E-state index in [1.807, 2.05) is 6.92 Å². The van der Waals surface area contributed by atoms with E-state index in [4.69, 9.17) is 11.6 Å². The molecule has 94 valence electrons. The average molecular weight is 334 g/mol. The van der Waals surface area contributed by atoms with Gasteiger partial charge in [-0.25, -0.2) is 9.36 Å². The van der Waals surface area contributed by atoms with Gasteiger partial charge in [0.05, 0.1) is 5.69 Å². The number of H-pyrrole nitrogens is 1. The molecule has 0 unspecified atom stereocenters. The van der Waals surface area contributed by atoms with Crippen LogP contribution in [0.2, 0.25) is 5.15 Å². The molecule has 0 saturated heterocycles. The minimum atomic E-state index is -1.19. The van der Waals surface area contributed by atoms with Crippen LogP contribution in [0.1, 0.15) is 5.56 Å². The Hall–Kier alpha value is -1.40. The van der Waals surface area contributed by atoms with E-state index in [0.29, 0.717) is 9.04 Å². The summed E-state index contributed by atoms with van der Waals surface area (Å²) in [5.41, 5.74) is -0.686. The number of hydrogen-bond donors (Lipinski definition) is 1. The molecule has 0 aliphatic rings. The number of hydrogen-bond acceptors (Lipinski definition) is 2. The lowest BCUT2D eigenvalue weighted by Gasteiger charge is -2.07. The fourth-order valence-electron chi connectivity index (χ4n) is 1.44. The van der Waals surface area contributed by atoms with Crippen LogP contribution in [0.5, 0.6) is 0 Å². The summed E-state index contributed by atoms with van der Waals surface area (Å²) in [7, 11) is 0. The van der Waals surface area contributed by atoms with Crippen LogP contribution < -0.4 is 11.2 Å². The van der Waals surface area contributed by atoms with Crippen LogP contribution >= 0.6 is 27.5 Å². The first-order chi connectivity index (χ1) is 8.41. The standard InChI is InChI=1S/C11H7BrClFN2O2/c1-5-2-3-6(4-7(5)12)16-10(17)8(14)9(13)15-11(16)18/h2-4H,1H3,(H,15,18). The van der Waals surface area contributed by atoms with Gasteiger partial charge in [0.2, 0.25) is 5.82 Å². The van der Waals surface area contributed by atoms with E-state index in [1.54, 1.807) is 18.2 Å². The molecule has 7 heteroatoms. The molecule has 0 aliphatic heterocycles. The van der Waals surface area contributed by atoms with Crippen molar-refractivity contribution in [1.82, 2.24) is 9.55 Å². The molecule has 0 spiro atoms. The lowest BCUT2D eigenvalue weighted by molar-refractivity contribution is 0.584. The highest BCUT2D eigenvalue weighted by molar-refractivity contribution is 9.10. The Morgan fingerprint density at radius 1 is 1.39 bits per heavy atom. The van der Waals surface area contributed by atoms with Crippen LogP contribution in [0, 0.1) is 12.7 Å². The first kappa shape index (κ1) is 13.0. The molecule has 0 atom stereocenters. The predicted molar refractivity (Wildman–Crippen MR) is 70.1 cm³/mol. The molecule has 0 aliphatic carbocycles. The summed E-state index contributed by atoms with van der Waals surface area (Å²) in [5.74, 6) is -1.19. The minimum absolute atomic E-state index is 0.259. The third-order valence-corrected chi connectivity index (χ3v) is 3.53. The smallest absolute Gasteiger partial charge is 0.295 e. The number of aryl methyl sites for hydroxylation is 1. The number of halogens is 3. The third-order valence-electron chi connectivity index (χ3n) is 2.42. The van der Waals surface area contributed by atoms with E-state index in [0.717, 1.165) is 5.56 Å². The Morgan fingerprint density at radius 2 is 2.06 bits per heavy atom. The summed E-state index contributed by atoms with van der Waals surface area (Å²) < 4.78 is 14.8. The summed E-state index contributed by atoms with van der Waals surface area (Å²) in [4.78, 5) is 25.4. The van der Waals surface area contributed by atoms with Crippen molar-refractivity contribution in [3.63, 3.8) is 0 Å². The van der Waals surface area contributed by atoms with Gasteiger partial charge in [-0.15, -0.1) is 0 Å². The molecule has 0 amide bonds. The molecule has 1 aromatic carbocycles. The Labute approximate surface area is 114 Å². The highest BCUT2D eigenvalue weighted by Crippen LogP contribution is 2.18. The zero-order chi connectivity index (χ0) is 13.4. The number of rotatable bonds is 1. The van der Waals surface area contributed by atoms with E-state index >= 15 is 0 Å². The van der Waals surface area contributed by atoms with Crippen molar-refractivity contribution in [3.8, 4) is 5.69 Å². The van der Waals surface area contributed by atoms with Crippen LogP contribution in [0.3, 0.4) is 0 Å². The van der Waals surface area contributed by atoms with E-state index in [2.05, 4.69) is 20.9 Å². The lowest BCUT2D eigenvalue weighted by atomic mass is 10.2. The highest BCUT2D eigenvalue weighted by Gasteiger charge is 2.14. The van der Waals surface area contributed by atoms with Crippen LogP contribution in [0.4, 0.5) is 4.39 Å². The molecule has 18 heavy (non-hydrogen) atoms. The molecular formula is C11H7BrClFN2O2. The van der Waals surface area contributed by atoms with Crippen LogP contribution in [0.15, 0.2) is 32.3 Å². The zero-order valence-corrected chi connectivity index (χ0v) is 11.5. The van der Waals surface area contributed by atoms with Crippen molar-refractivity contribution < 1.29 is 4.39 Å². The van der Waals surface area contributed by atoms with Crippen molar-refractivity contribution in [1.29, 1.82) is 0 Å². The van der Waals surface area contributed by atoms with Gasteiger partial charge in [0, 0.05) is 4.47 Å². The number of nitrogens with zero attached hydrogens (tertiary/aromatic N) is 1. The normalized spacial score (nSPS) is 10.7. The van der Waals surface area contributed by atoms with Gasteiger partial charge in [0.25, 0.3) is 5.56 Å². The lowest BCUT2D eigenvalue weighted by Crippen LogP contribution is -2.35. The SMILES string of the molecule is Cc1ccc(-n2c(=O)[nH]c(Cl)c(F)c2=O)cc1Br. The second-order valence-corrected chi connectivity index (χ2v) is 4.86. The van der Waals surface area contributed by atoms with Crippen molar-refractivity contribution in [3.05, 3.63) is 60.0 Å². The number of nitrogens with one attached hydrogen (secondary N) is 1. The summed E-state index contributed by atoms with van der Waals surface area (Å²) in [6, 6.07) is 4.81. The predicted octanol–water partition coefficient (Wildman–Crippen LogP) is 2.39. The molecule has 0 radical (unpaired) electrons. The maximum Gasteiger partial charge on any atom is 0.334 e. The summed E-state index contributed by atoms with van der Waals surface area (Å²) >= 11 is 8.66. The summed E-state index contributed by atoms with van der Waals surface area (Å²) in [5, 5.41) is -0.590.